The van der Waals surface area contributed by atoms with Gasteiger partial charge in [-0.3, -0.25) is 15.0 Å². The van der Waals surface area contributed by atoms with E-state index in [0.29, 0.717) is 27.8 Å². The van der Waals surface area contributed by atoms with Crippen molar-refractivity contribution in [2.75, 3.05) is 11.9 Å². The minimum absolute atomic E-state index is 0.250. The van der Waals surface area contributed by atoms with Gasteiger partial charge in [0, 0.05) is 10.7 Å². The zero-order chi connectivity index (χ0) is 20.4. The monoisotopic (exact) mass is 411 g/mol. The van der Waals surface area contributed by atoms with E-state index in [1.54, 1.807) is 42.5 Å². The summed E-state index contributed by atoms with van der Waals surface area (Å²) in [4.78, 5) is 25.5. The number of aryl methyl sites for hydroxylation is 1. The summed E-state index contributed by atoms with van der Waals surface area (Å²) in [5.41, 5.74) is 4.64. The molecule has 0 aliphatic carbocycles. The SMILES string of the molecule is Cc1ccc(OCC(=O)NN2C(=O)c3cc(Cl)ccc3NC2c2ccco2)cc1. The zero-order valence-corrected chi connectivity index (χ0v) is 16.3. The topological polar surface area (TPSA) is 83.8 Å². The molecule has 0 saturated carbocycles. The first-order chi connectivity index (χ1) is 14.0. The third-order valence-corrected chi connectivity index (χ3v) is 4.67. The van der Waals surface area contributed by atoms with Crippen molar-refractivity contribution in [2.24, 2.45) is 0 Å². The normalized spacial score (nSPS) is 15.4. The number of hydrogen-bond acceptors (Lipinski definition) is 5. The van der Waals surface area contributed by atoms with E-state index in [0.717, 1.165) is 5.56 Å². The number of hydrogen-bond donors (Lipinski definition) is 2. The second-order valence-electron chi connectivity index (χ2n) is 6.56. The smallest absolute Gasteiger partial charge is 0.276 e. The first-order valence-electron chi connectivity index (χ1n) is 8.93. The lowest BCUT2D eigenvalue weighted by atomic mass is 10.1. The number of carbonyl (C=O) groups excluding carboxylic acids is 2. The van der Waals surface area contributed by atoms with E-state index in [4.69, 9.17) is 20.8 Å². The molecule has 148 valence electrons. The summed E-state index contributed by atoms with van der Waals surface area (Å²) < 4.78 is 10.9. The molecule has 2 N–H and O–H groups in total. The van der Waals surface area contributed by atoms with Crippen molar-refractivity contribution in [3.05, 3.63) is 82.8 Å². The van der Waals surface area contributed by atoms with Gasteiger partial charge in [0.1, 0.15) is 11.5 Å². The van der Waals surface area contributed by atoms with Crippen molar-refractivity contribution in [3.8, 4) is 5.75 Å². The van der Waals surface area contributed by atoms with E-state index in [9.17, 15) is 9.59 Å². The predicted molar refractivity (Wildman–Crippen MR) is 108 cm³/mol. The van der Waals surface area contributed by atoms with Crippen molar-refractivity contribution in [2.45, 2.75) is 13.1 Å². The van der Waals surface area contributed by atoms with Crippen molar-refractivity contribution >= 4 is 29.1 Å². The Balaban J connectivity index is 1.53. The number of hydrazine groups is 1. The number of ether oxygens (including phenoxy) is 1. The number of rotatable bonds is 5. The highest BCUT2D eigenvalue weighted by Gasteiger charge is 2.36. The van der Waals surface area contributed by atoms with Crippen LogP contribution in [0.15, 0.2) is 65.3 Å². The fourth-order valence-electron chi connectivity index (χ4n) is 2.99. The van der Waals surface area contributed by atoms with E-state index < -0.39 is 18.0 Å². The third kappa shape index (κ3) is 4.05. The van der Waals surface area contributed by atoms with Gasteiger partial charge in [0.25, 0.3) is 11.8 Å². The average Bonchev–Trinajstić information content (AvgIpc) is 3.24. The molecular formula is C21H18ClN3O4. The minimum Gasteiger partial charge on any atom is -0.484 e. The molecule has 1 unspecified atom stereocenters. The molecule has 1 aliphatic heterocycles. The maximum absolute atomic E-state index is 13.1. The summed E-state index contributed by atoms with van der Waals surface area (Å²) >= 11 is 6.04. The number of halogens is 1. The molecule has 1 aromatic heterocycles. The number of fused-ring (bicyclic) bond motifs is 1. The fraction of sp³-hybridized carbons (Fsp3) is 0.143. The third-order valence-electron chi connectivity index (χ3n) is 4.43. The first kappa shape index (κ1) is 18.9. The number of nitrogens with one attached hydrogen (secondary N) is 2. The molecule has 29 heavy (non-hydrogen) atoms. The molecule has 7 nitrogen and oxygen atoms in total. The van der Waals surface area contributed by atoms with Crippen LogP contribution in [0.3, 0.4) is 0 Å². The maximum atomic E-state index is 13.1. The lowest BCUT2D eigenvalue weighted by Gasteiger charge is -2.36. The molecule has 2 aromatic carbocycles. The Morgan fingerprint density at radius 3 is 2.76 bits per heavy atom. The Morgan fingerprint density at radius 2 is 2.03 bits per heavy atom. The van der Waals surface area contributed by atoms with E-state index >= 15 is 0 Å². The Morgan fingerprint density at radius 1 is 1.24 bits per heavy atom. The highest BCUT2D eigenvalue weighted by Crippen LogP contribution is 2.33. The van der Waals surface area contributed by atoms with Crippen LogP contribution < -0.4 is 15.5 Å². The number of benzene rings is 2. The van der Waals surface area contributed by atoms with Crippen LogP contribution in [0, 0.1) is 6.92 Å². The van der Waals surface area contributed by atoms with Gasteiger partial charge in [-0.2, -0.15) is 0 Å². The summed E-state index contributed by atoms with van der Waals surface area (Å²) in [6.07, 6.45) is 0.786. The van der Waals surface area contributed by atoms with Gasteiger partial charge in [0.15, 0.2) is 12.8 Å². The highest BCUT2D eigenvalue weighted by atomic mass is 35.5. The lowest BCUT2D eigenvalue weighted by Crippen LogP contribution is -2.53. The van der Waals surface area contributed by atoms with Gasteiger partial charge in [-0.1, -0.05) is 29.3 Å². The number of furan rings is 1. The first-order valence-corrected chi connectivity index (χ1v) is 9.31. The molecule has 0 spiro atoms. The molecule has 8 heteroatoms. The number of anilines is 1. The van der Waals surface area contributed by atoms with E-state index in [1.165, 1.54) is 11.3 Å². The summed E-state index contributed by atoms with van der Waals surface area (Å²) in [5, 5.41) is 4.79. The molecule has 4 rings (SSSR count). The molecule has 1 atom stereocenters. The van der Waals surface area contributed by atoms with Crippen LogP contribution in [0.4, 0.5) is 5.69 Å². The largest absolute Gasteiger partial charge is 0.484 e. The van der Waals surface area contributed by atoms with Gasteiger partial charge in [0.2, 0.25) is 0 Å². The molecule has 1 aliphatic rings. The van der Waals surface area contributed by atoms with Crippen molar-refractivity contribution in [3.63, 3.8) is 0 Å². The van der Waals surface area contributed by atoms with Crippen molar-refractivity contribution in [1.82, 2.24) is 10.4 Å². The molecule has 0 radical (unpaired) electrons. The number of nitrogens with zero attached hydrogens (tertiary/aromatic N) is 1. The summed E-state index contributed by atoms with van der Waals surface area (Å²) in [6, 6.07) is 15.7. The van der Waals surface area contributed by atoms with E-state index in [2.05, 4.69) is 10.7 Å². The van der Waals surface area contributed by atoms with Crippen molar-refractivity contribution in [1.29, 1.82) is 0 Å². The summed E-state index contributed by atoms with van der Waals surface area (Å²) in [7, 11) is 0. The highest BCUT2D eigenvalue weighted by molar-refractivity contribution is 6.31. The van der Waals surface area contributed by atoms with Crippen LogP contribution >= 0.6 is 11.6 Å². The summed E-state index contributed by atoms with van der Waals surface area (Å²) in [6.45, 7) is 1.71. The Labute approximate surface area is 172 Å². The standard InChI is InChI=1S/C21H18ClN3O4/c1-13-4-7-15(8-5-13)29-12-19(26)24-25-20(18-3-2-10-28-18)23-17-9-6-14(22)11-16(17)21(25)27/h2-11,20,23H,12H2,1H3,(H,24,26). The second kappa shape index (κ2) is 7.89. The van der Waals surface area contributed by atoms with Crippen molar-refractivity contribution < 1.29 is 18.7 Å². The van der Waals surface area contributed by atoms with Crippen LogP contribution in [-0.4, -0.2) is 23.4 Å². The predicted octanol–water partition coefficient (Wildman–Crippen LogP) is 3.92. The second-order valence-corrected chi connectivity index (χ2v) is 7.00. The van der Waals surface area contributed by atoms with E-state index in [-0.39, 0.29) is 6.61 Å². The van der Waals surface area contributed by atoms with Crippen LogP contribution in [-0.2, 0) is 4.79 Å². The molecule has 2 heterocycles. The quantitative estimate of drug-likeness (QED) is 0.664. The molecular weight excluding hydrogens is 394 g/mol. The Kier molecular flexibility index (Phi) is 5.14. The number of carbonyl (C=O) groups is 2. The molecule has 3 aromatic rings. The molecule has 0 fully saturated rings. The van der Waals surface area contributed by atoms with Gasteiger partial charge in [-0.15, -0.1) is 0 Å². The van der Waals surface area contributed by atoms with Gasteiger partial charge in [-0.25, -0.2) is 5.01 Å². The maximum Gasteiger partial charge on any atom is 0.276 e. The average molecular weight is 412 g/mol. The Hall–Kier alpha value is -3.45. The van der Waals surface area contributed by atoms with Gasteiger partial charge < -0.3 is 14.5 Å². The Bertz CT molecular complexity index is 1030. The lowest BCUT2D eigenvalue weighted by molar-refractivity contribution is -0.127. The zero-order valence-electron chi connectivity index (χ0n) is 15.5. The molecule has 2 amide bonds. The van der Waals surface area contributed by atoms with Gasteiger partial charge in [-0.05, 0) is 49.4 Å². The summed E-state index contributed by atoms with van der Waals surface area (Å²) in [5.74, 6) is 0.140. The molecule has 0 saturated heterocycles. The molecule has 0 bridgehead atoms. The number of amides is 2. The fourth-order valence-corrected chi connectivity index (χ4v) is 3.16. The van der Waals surface area contributed by atoms with Crippen LogP contribution in [0.1, 0.15) is 27.8 Å². The van der Waals surface area contributed by atoms with Crippen LogP contribution in [0.25, 0.3) is 0 Å². The van der Waals surface area contributed by atoms with Gasteiger partial charge in [0.05, 0.1) is 11.8 Å². The van der Waals surface area contributed by atoms with Gasteiger partial charge >= 0.3 is 0 Å². The van der Waals surface area contributed by atoms with Crippen LogP contribution in [0.2, 0.25) is 5.02 Å². The minimum atomic E-state index is -0.713. The van der Waals surface area contributed by atoms with Crippen LogP contribution in [0.5, 0.6) is 5.75 Å². The van der Waals surface area contributed by atoms with E-state index in [1.807, 2.05) is 19.1 Å².